The van der Waals surface area contributed by atoms with Crippen molar-refractivity contribution in [2.45, 2.75) is 13.3 Å². The average molecular weight is 300 g/mol. The first-order valence-electron chi connectivity index (χ1n) is 6.22. The topological polar surface area (TPSA) is 79.5 Å². The molecule has 0 fully saturated rings. The zero-order valence-corrected chi connectivity index (χ0v) is 12.2. The van der Waals surface area contributed by atoms with Crippen LogP contribution < -0.4 is 20.7 Å². The Kier molecular flexibility index (Phi) is 6.66. The number of anilines is 1. The van der Waals surface area contributed by atoms with Gasteiger partial charge in [-0.05, 0) is 24.6 Å². The van der Waals surface area contributed by atoms with E-state index in [1.54, 1.807) is 18.2 Å². The molecule has 0 bridgehead atoms. The molecule has 0 heterocycles. The van der Waals surface area contributed by atoms with Gasteiger partial charge in [-0.25, -0.2) is 4.79 Å². The molecule has 3 amide bonds. The fourth-order valence-corrected chi connectivity index (χ4v) is 1.62. The van der Waals surface area contributed by atoms with Gasteiger partial charge in [0.05, 0.1) is 19.3 Å². The number of hydrogen-bond acceptors (Lipinski definition) is 4. The van der Waals surface area contributed by atoms with Crippen molar-refractivity contribution in [3.63, 3.8) is 0 Å². The summed E-state index contributed by atoms with van der Waals surface area (Å²) in [5, 5.41) is 8.15. The Morgan fingerprint density at radius 2 is 2.10 bits per heavy atom. The summed E-state index contributed by atoms with van der Waals surface area (Å²) in [5.74, 6) is 0.123. The maximum atomic E-state index is 11.6. The molecule has 0 saturated carbocycles. The molecule has 0 atom stereocenters. The standard InChI is InChI=1S/C13H18ClN3O3/c1-3-6-15-13(19)17-12(18)8-16-10-7-9(14)4-5-11(10)20-2/h4-5,7,16H,3,6,8H2,1-2H3,(H2,15,17,18,19). The molecule has 20 heavy (non-hydrogen) atoms. The van der Waals surface area contributed by atoms with Crippen LogP contribution in [0.4, 0.5) is 10.5 Å². The number of nitrogens with one attached hydrogen (secondary N) is 3. The predicted octanol–water partition coefficient (Wildman–Crippen LogP) is 2.00. The Bertz CT molecular complexity index is 480. The van der Waals surface area contributed by atoms with Gasteiger partial charge in [0.1, 0.15) is 5.75 Å². The summed E-state index contributed by atoms with van der Waals surface area (Å²) in [6.45, 7) is 2.39. The summed E-state index contributed by atoms with van der Waals surface area (Å²) in [6.07, 6.45) is 0.805. The SMILES string of the molecule is CCCNC(=O)NC(=O)CNc1cc(Cl)ccc1OC. The molecule has 0 spiro atoms. The van der Waals surface area contributed by atoms with Gasteiger partial charge in [-0.3, -0.25) is 10.1 Å². The summed E-state index contributed by atoms with van der Waals surface area (Å²) >= 11 is 5.87. The maximum absolute atomic E-state index is 11.6. The fourth-order valence-electron chi connectivity index (χ4n) is 1.45. The Morgan fingerprint density at radius 3 is 2.75 bits per heavy atom. The van der Waals surface area contributed by atoms with E-state index in [2.05, 4.69) is 16.0 Å². The summed E-state index contributed by atoms with van der Waals surface area (Å²) in [7, 11) is 1.52. The van der Waals surface area contributed by atoms with Gasteiger partial charge in [0.25, 0.3) is 0 Å². The molecule has 7 heteroatoms. The summed E-state index contributed by atoms with van der Waals surface area (Å²) in [5.41, 5.74) is 0.587. The number of urea groups is 1. The van der Waals surface area contributed by atoms with E-state index in [9.17, 15) is 9.59 Å². The lowest BCUT2D eigenvalue weighted by atomic mass is 10.3. The van der Waals surface area contributed by atoms with Gasteiger partial charge in [0, 0.05) is 11.6 Å². The smallest absolute Gasteiger partial charge is 0.321 e. The number of amides is 3. The molecule has 1 aromatic rings. The monoisotopic (exact) mass is 299 g/mol. The van der Waals surface area contributed by atoms with Crippen molar-refractivity contribution in [1.29, 1.82) is 0 Å². The van der Waals surface area contributed by atoms with Gasteiger partial charge in [-0.2, -0.15) is 0 Å². The number of methoxy groups -OCH3 is 1. The summed E-state index contributed by atoms with van der Waals surface area (Å²) < 4.78 is 5.13. The maximum Gasteiger partial charge on any atom is 0.321 e. The van der Waals surface area contributed by atoms with Gasteiger partial charge >= 0.3 is 6.03 Å². The zero-order valence-electron chi connectivity index (χ0n) is 11.5. The molecule has 1 rings (SSSR count). The second-order valence-corrected chi connectivity index (χ2v) is 4.44. The molecular formula is C13H18ClN3O3. The average Bonchev–Trinajstić information content (AvgIpc) is 2.43. The van der Waals surface area contributed by atoms with Crippen LogP contribution in [0.1, 0.15) is 13.3 Å². The number of carbonyl (C=O) groups is 2. The first kappa shape index (κ1) is 16.1. The quantitative estimate of drug-likeness (QED) is 0.750. The van der Waals surface area contributed by atoms with Crippen LogP contribution in [0.15, 0.2) is 18.2 Å². The number of imide groups is 1. The lowest BCUT2D eigenvalue weighted by Gasteiger charge is -2.11. The molecule has 3 N–H and O–H groups in total. The minimum absolute atomic E-state index is 0.0593. The number of hydrogen-bond donors (Lipinski definition) is 3. The molecule has 0 aliphatic carbocycles. The molecule has 1 aromatic carbocycles. The molecule has 6 nitrogen and oxygen atoms in total. The zero-order chi connectivity index (χ0) is 15.0. The van der Waals surface area contributed by atoms with E-state index in [0.717, 1.165) is 6.42 Å². The fraction of sp³-hybridized carbons (Fsp3) is 0.385. The van der Waals surface area contributed by atoms with E-state index in [4.69, 9.17) is 16.3 Å². The van der Waals surface area contributed by atoms with Crippen LogP contribution in [0.25, 0.3) is 0 Å². The Balaban J connectivity index is 2.48. The third kappa shape index (κ3) is 5.36. The third-order valence-electron chi connectivity index (χ3n) is 2.39. The van der Waals surface area contributed by atoms with Crippen molar-refractivity contribution >= 4 is 29.2 Å². The van der Waals surface area contributed by atoms with Crippen molar-refractivity contribution in [2.75, 3.05) is 25.5 Å². The molecular weight excluding hydrogens is 282 g/mol. The van der Waals surface area contributed by atoms with Gasteiger partial charge in [-0.1, -0.05) is 18.5 Å². The number of carbonyl (C=O) groups excluding carboxylic acids is 2. The minimum Gasteiger partial charge on any atom is -0.495 e. The number of ether oxygens (including phenoxy) is 1. The second kappa shape index (κ2) is 8.27. The lowest BCUT2D eigenvalue weighted by Crippen LogP contribution is -2.42. The first-order valence-corrected chi connectivity index (χ1v) is 6.59. The van der Waals surface area contributed by atoms with Crippen molar-refractivity contribution in [1.82, 2.24) is 10.6 Å². The van der Waals surface area contributed by atoms with Crippen LogP contribution in [0.5, 0.6) is 5.75 Å². The Morgan fingerprint density at radius 1 is 1.35 bits per heavy atom. The van der Waals surface area contributed by atoms with Crippen LogP contribution in [-0.4, -0.2) is 32.1 Å². The molecule has 110 valence electrons. The molecule has 0 unspecified atom stereocenters. The van der Waals surface area contributed by atoms with E-state index < -0.39 is 11.9 Å². The van der Waals surface area contributed by atoms with Crippen LogP contribution >= 0.6 is 11.6 Å². The van der Waals surface area contributed by atoms with Crippen molar-refractivity contribution in [3.05, 3.63) is 23.2 Å². The molecule has 0 radical (unpaired) electrons. The van der Waals surface area contributed by atoms with E-state index in [1.165, 1.54) is 7.11 Å². The highest BCUT2D eigenvalue weighted by molar-refractivity contribution is 6.30. The Hall–Kier alpha value is -1.95. The lowest BCUT2D eigenvalue weighted by molar-refractivity contribution is -0.118. The first-order chi connectivity index (χ1) is 9.56. The van der Waals surface area contributed by atoms with Crippen molar-refractivity contribution in [2.24, 2.45) is 0 Å². The highest BCUT2D eigenvalue weighted by Crippen LogP contribution is 2.27. The van der Waals surface area contributed by atoms with E-state index in [-0.39, 0.29) is 6.54 Å². The van der Waals surface area contributed by atoms with Gasteiger partial charge in [0.15, 0.2) is 0 Å². The largest absolute Gasteiger partial charge is 0.495 e. The normalized spacial score (nSPS) is 9.75. The molecule has 0 saturated heterocycles. The third-order valence-corrected chi connectivity index (χ3v) is 2.62. The van der Waals surface area contributed by atoms with Crippen LogP contribution in [0.3, 0.4) is 0 Å². The van der Waals surface area contributed by atoms with Gasteiger partial charge in [-0.15, -0.1) is 0 Å². The summed E-state index contributed by atoms with van der Waals surface area (Å²) in [4.78, 5) is 22.9. The number of benzene rings is 1. The minimum atomic E-state index is -0.503. The highest BCUT2D eigenvalue weighted by Gasteiger charge is 2.09. The van der Waals surface area contributed by atoms with Crippen molar-refractivity contribution < 1.29 is 14.3 Å². The van der Waals surface area contributed by atoms with Gasteiger partial charge in [0.2, 0.25) is 5.91 Å². The van der Waals surface area contributed by atoms with Crippen LogP contribution in [0, 0.1) is 0 Å². The molecule has 0 aromatic heterocycles. The molecule has 0 aliphatic rings. The number of halogens is 1. The van der Waals surface area contributed by atoms with Gasteiger partial charge < -0.3 is 15.4 Å². The van der Waals surface area contributed by atoms with Crippen LogP contribution in [0.2, 0.25) is 5.02 Å². The van der Waals surface area contributed by atoms with E-state index in [1.807, 2.05) is 6.92 Å². The summed E-state index contributed by atoms with van der Waals surface area (Å²) in [6, 6.07) is 4.52. The molecule has 0 aliphatic heterocycles. The second-order valence-electron chi connectivity index (χ2n) is 4.00. The number of rotatable bonds is 6. The highest BCUT2D eigenvalue weighted by atomic mass is 35.5. The van der Waals surface area contributed by atoms with Crippen LogP contribution in [-0.2, 0) is 4.79 Å². The van der Waals surface area contributed by atoms with E-state index in [0.29, 0.717) is 23.0 Å². The van der Waals surface area contributed by atoms with Crippen molar-refractivity contribution in [3.8, 4) is 5.75 Å². The Labute approximate surface area is 122 Å². The predicted molar refractivity (Wildman–Crippen MR) is 78.3 cm³/mol. The van der Waals surface area contributed by atoms with E-state index >= 15 is 0 Å².